The Bertz CT molecular complexity index is 228. The zero-order chi connectivity index (χ0) is 8.27. The lowest BCUT2D eigenvalue weighted by Crippen LogP contribution is -2.27. The lowest BCUT2D eigenvalue weighted by Gasteiger charge is -2.00. The number of carbonyl (C=O) groups excluding carboxylic acids is 1. The highest BCUT2D eigenvalue weighted by molar-refractivity contribution is 7.10. The molecule has 1 aromatic heterocycles. The van der Waals surface area contributed by atoms with Crippen LogP contribution < -0.4 is 5.73 Å². The molecule has 0 fully saturated rings. The van der Waals surface area contributed by atoms with Crippen molar-refractivity contribution in [1.29, 1.82) is 0 Å². The predicted molar refractivity (Wildman–Crippen MR) is 46.7 cm³/mol. The minimum absolute atomic E-state index is 0.104. The van der Waals surface area contributed by atoms with Gasteiger partial charge in [0.1, 0.15) is 0 Å². The van der Waals surface area contributed by atoms with Crippen molar-refractivity contribution < 1.29 is 4.79 Å². The number of thiophene rings is 1. The van der Waals surface area contributed by atoms with E-state index in [4.69, 9.17) is 5.73 Å². The Morgan fingerprint density at radius 2 is 2.55 bits per heavy atom. The van der Waals surface area contributed by atoms with Gasteiger partial charge in [-0.15, -0.1) is 11.3 Å². The van der Waals surface area contributed by atoms with Crippen molar-refractivity contribution >= 4 is 17.1 Å². The van der Waals surface area contributed by atoms with E-state index >= 15 is 0 Å². The standard InChI is InChI=1S/C8H11NOS/c1-6(9)8(10)5-7-3-2-4-11-7/h2-4,6H,5,9H2,1H3/t6-/m1/s1. The number of hydrogen-bond acceptors (Lipinski definition) is 3. The SMILES string of the molecule is C[C@@H](N)C(=O)Cc1cccs1. The summed E-state index contributed by atoms with van der Waals surface area (Å²) in [6, 6.07) is 3.55. The molecule has 0 spiro atoms. The molecule has 2 N–H and O–H groups in total. The van der Waals surface area contributed by atoms with Crippen LogP contribution in [0.2, 0.25) is 0 Å². The maximum atomic E-state index is 11.1. The molecule has 0 aliphatic rings. The van der Waals surface area contributed by atoms with Crippen LogP contribution in [-0.2, 0) is 11.2 Å². The molecule has 0 aliphatic carbocycles. The van der Waals surface area contributed by atoms with Gasteiger partial charge >= 0.3 is 0 Å². The third-order valence-electron chi connectivity index (χ3n) is 1.44. The molecule has 2 nitrogen and oxygen atoms in total. The van der Waals surface area contributed by atoms with Gasteiger partial charge < -0.3 is 5.73 Å². The first-order chi connectivity index (χ1) is 5.20. The summed E-state index contributed by atoms with van der Waals surface area (Å²) in [4.78, 5) is 12.2. The first kappa shape index (κ1) is 8.43. The quantitative estimate of drug-likeness (QED) is 0.739. The molecule has 1 heterocycles. The molecule has 0 amide bonds. The third-order valence-corrected chi connectivity index (χ3v) is 2.31. The van der Waals surface area contributed by atoms with Crippen LogP contribution in [0.1, 0.15) is 11.8 Å². The average Bonchev–Trinajstić information content (AvgIpc) is 2.39. The zero-order valence-electron chi connectivity index (χ0n) is 6.41. The number of ketones is 1. The van der Waals surface area contributed by atoms with E-state index in [0.29, 0.717) is 6.42 Å². The monoisotopic (exact) mass is 169 g/mol. The van der Waals surface area contributed by atoms with Crippen molar-refractivity contribution in [1.82, 2.24) is 0 Å². The van der Waals surface area contributed by atoms with E-state index in [1.165, 1.54) is 0 Å². The number of hydrogen-bond donors (Lipinski definition) is 1. The van der Waals surface area contributed by atoms with E-state index in [9.17, 15) is 4.79 Å². The highest BCUT2D eigenvalue weighted by atomic mass is 32.1. The maximum absolute atomic E-state index is 11.1. The molecule has 0 saturated carbocycles. The van der Waals surface area contributed by atoms with Gasteiger partial charge in [0.05, 0.1) is 6.04 Å². The summed E-state index contributed by atoms with van der Waals surface area (Å²) in [5.41, 5.74) is 5.41. The molecule has 60 valence electrons. The lowest BCUT2D eigenvalue weighted by atomic mass is 10.1. The van der Waals surface area contributed by atoms with E-state index in [-0.39, 0.29) is 11.8 Å². The lowest BCUT2D eigenvalue weighted by molar-refractivity contribution is -0.119. The molecule has 0 aromatic carbocycles. The molecular formula is C8H11NOS. The zero-order valence-corrected chi connectivity index (χ0v) is 7.23. The van der Waals surface area contributed by atoms with E-state index in [0.717, 1.165) is 4.88 Å². The van der Waals surface area contributed by atoms with Crippen LogP contribution in [0.4, 0.5) is 0 Å². The average molecular weight is 169 g/mol. The second kappa shape index (κ2) is 3.64. The summed E-state index contributed by atoms with van der Waals surface area (Å²) in [6.45, 7) is 1.72. The minimum atomic E-state index is -0.336. The van der Waals surface area contributed by atoms with Gasteiger partial charge in [-0.25, -0.2) is 0 Å². The third kappa shape index (κ3) is 2.44. The van der Waals surface area contributed by atoms with Crippen molar-refractivity contribution in [3.63, 3.8) is 0 Å². The molecule has 0 saturated heterocycles. The van der Waals surface area contributed by atoms with Crippen molar-refractivity contribution in [2.75, 3.05) is 0 Å². The van der Waals surface area contributed by atoms with Gasteiger partial charge in [-0.3, -0.25) is 4.79 Å². The Morgan fingerprint density at radius 1 is 1.82 bits per heavy atom. The molecular weight excluding hydrogens is 158 g/mol. The molecule has 1 atom stereocenters. The van der Waals surface area contributed by atoms with E-state index < -0.39 is 0 Å². The van der Waals surface area contributed by atoms with Crippen molar-refractivity contribution in [3.8, 4) is 0 Å². The summed E-state index contributed by atoms with van der Waals surface area (Å²) >= 11 is 1.59. The topological polar surface area (TPSA) is 43.1 Å². The van der Waals surface area contributed by atoms with Crippen LogP contribution in [0.25, 0.3) is 0 Å². The smallest absolute Gasteiger partial charge is 0.154 e. The second-order valence-electron chi connectivity index (χ2n) is 2.51. The molecule has 11 heavy (non-hydrogen) atoms. The van der Waals surface area contributed by atoms with Gasteiger partial charge in [0.25, 0.3) is 0 Å². The van der Waals surface area contributed by atoms with Crippen LogP contribution in [0.5, 0.6) is 0 Å². The van der Waals surface area contributed by atoms with E-state index in [1.807, 2.05) is 17.5 Å². The van der Waals surface area contributed by atoms with E-state index in [2.05, 4.69) is 0 Å². The first-order valence-corrected chi connectivity index (χ1v) is 4.39. The Kier molecular flexibility index (Phi) is 2.79. The Balaban J connectivity index is 2.50. The molecule has 0 unspecified atom stereocenters. The fourth-order valence-electron chi connectivity index (χ4n) is 0.746. The fraction of sp³-hybridized carbons (Fsp3) is 0.375. The summed E-state index contributed by atoms with van der Waals surface area (Å²) in [7, 11) is 0. The fourth-order valence-corrected chi connectivity index (χ4v) is 1.46. The van der Waals surface area contributed by atoms with Gasteiger partial charge in [0.15, 0.2) is 5.78 Å². The largest absolute Gasteiger partial charge is 0.322 e. The Labute approximate surface area is 70.0 Å². The highest BCUT2D eigenvalue weighted by Gasteiger charge is 2.08. The molecule has 1 rings (SSSR count). The van der Waals surface area contributed by atoms with Gasteiger partial charge in [0, 0.05) is 11.3 Å². The summed E-state index contributed by atoms with van der Waals surface area (Å²) in [6.07, 6.45) is 0.481. The van der Waals surface area contributed by atoms with Gasteiger partial charge in [-0.05, 0) is 18.4 Å². The number of nitrogens with two attached hydrogens (primary N) is 1. The molecule has 1 aromatic rings. The van der Waals surface area contributed by atoms with Crippen molar-refractivity contribution in [2.24, 2.45) is 5.73 Å². The second-order valence-corrected chi connectivity index (χ2v) is 3.54. The van der Waals surface area contributed by atoms with Crippen molar-refractivity contribution in [3.05, 3.63) is 22.4 Å². The maximum Gasteiger partial charge on any atom is 0.154 e. The Morgan fingerprint density at radius 3 is 3.00 bits per heavy atom. The van der Waals surface area contributed by atoms with Crippen LogP contribution in [0, 0.1) is 0 Å². The van der Waals surface area contributed by atoms with E-state index in [1.54, 1.807) is 18.3 Å². The molecule has 3 heteroatoms. The number of rotatable bonds is 3. The van der Waals surface area contributed by atoms with Crippen LogP contribution in [0.3, 0.4) is 0 Å². The molecule has 0 radical (unpaired) electrons. The number of Topliss-reactive ketones (excluding diaryl/α,β-unsaturated/α-hetero) is 1. The highest BCUT2D eigenvalue weighted by Crippen LogP contribution is 2.09. The predicted octanol–water partition coefficient (Wildman–Crippen LogP) is 1.21. The molecule has 0 aliphatic heterocycles. The van der Waals surface area contributed by atoms with Gasteiger partial charge in [0.2, 0.25) is 0 Å². The Hall–Kier alpha value is -0.670. The van der Waals surface area contributed by atoms with Gasteiger partial charge in [-0.1, -0.05) is 6.07 Å². The van der Waals surface area contributed by atoms with Crippen LogP contribution >= 0.6 is 11.3 Å². The van der Waals surface area contributed by atoms with Crippen LogP contribution in [-0.4, -0.2) is 11.8 Å². The van der Waals surface area contributed by atoms with Crippen LogP contribution in [0.15, 0.2) is 17.5 Å². The summed E-state index contributed by atoms with van der Waals surface area (Å²) in [5.74, 6) is 0.104. The normalized spacial score (nSPS) is 12.9. The first-order valence-electron chi connectivity index (χ1n) is 3.51. The number of carbonyl (C=O) groups is 1. The van der Waals surface area contributed by atoms with Gasteiger partial charge in [-0.2, -0.15) is 0 Å². The molecule has 0 bridgehead atoms. The summed E-state index contributed by atoms with van der Waals surface area (Å²) in [5, 5.41) is 1.96. The summed E-state index contributed by atoms with van der Waals surface area (Å²) < 4.78 is 0. The van der Waals surface area contributed by atoms with Crippen molar-refractivity contribution in [2.45, 2.75) is 19.4 Å². The minimum Gasteiger partial charge on any atom is -0.322 e.